The zero-order valence-electron chi connectivity index (χ0n) is 10.2. The standard InChI is InChI=1S/C11H16BrFN2O2S/c1-8(15-5-6-18(16,17)14-2)10-7-9(12)3-4-11(10)13/h3-4,7-8,14-15H,5-6H2,1-2H3. The Morgan fingerprint density at radius 3 is 2.72 bits per heavy atom. The van der Waals surface area contributed by atoms with Gasteiger partial charge in [0.2, 0.25) is 10.0 Å². The van der Waals surface area contributed by atoms with Gasteiger partial charge in [-0.3, -0.25) is 0 Å². The van der Waals surface area contributed by atoms with Gasteiger partial charge < -0.3 is 5.32 Å². The Hall–Kier alpha value is -0.500. The largest absolute Gasteiger partial charge is 0.309 e. The van der Waals surface area contributed by atoms with Crippen LogP contribution in [-0.4, -0.2) is 27.8 Å². The third-order valence-electron chi connectivity index (χ3n) is 2.56. The molecule has 0 aliphatic carbocycles. The van der Waals surface area contributed by atoms with Crippen molar-refractivity contribution >= 4 is 26.0 Å². The lowest BCUT2D eigenvalue weighted by Crippen LogP contribution is -2.31. The molecule has 102 valence electrons. The summed E-state index contributed by atoms with van der Waals surface area (Å²) in [6.45, 7) is 2.05. The third-order valence-corrected chi connectivity index (χ3v) is 4.41. The first-order valence-electron chi connectivity index (χ1n) is 5.45. The minimum atomic E-state index is -3.23. The Morgan fingerprint density at radius 2 is 2.11 bits per heavy atom. The molecule has 0 fully saturated rings. The van der Waals surface area contributed by atoms with Crippen LogP contribution in [0.3, 0.4) is 0 Å². The van der Waals surface area contributed by atoms with Crippen LogP contribution in [0.15, 0.2) is 22.7 Å². The second-order valence-corrected chi connectivity index (χ2v) is 6.83. The van der Waals surface area contributed by atoms with Crippen LogP contribution in [0, 0.1) is 5.82 Å². The van der Waals surface area contributed by atoms with E-state index in [2.05, 4.69) is 26.0 Å². The van der Waals surface area contributed by atoms with Crippen LogP contribution in [0.25, 0.3) is 0 Å². The van der Waals surface area contributed by atoms with Crippen molar-refractivity contribution in [3.63, 3.8) is 0 Å². The summed E-state index contributed by atoms with van der Waals surface area (Å²) in [6.07, 6.45) is 0. The van der Waals surface area contributed by atoms with Crippen LogP contribution in [-0.2, 0) is 10.0 Å². The number of halogens is 2. The van der Waals surface area contributed by atoms with E-state index in [1.54, 1.807) is 19.1 Å². The first-order valence-corrected chi connectivity index (χ1v) is 7.90. The fourth-order valence-corrected chi connectivity index (χ4v) is 2.44. The molecular formula is C11H16BrFN2O2S. The summed E-state index contributed by atoms with van der Waals surface area (Å²) >= 11 is 3.28. The molecule has 1 aromatic carbocycles. The molecular weight excluding hydrogens is 323 g/mol. The molecule has 0 saturated carbocycles. The SMILES string of the molecule is CNS(=O)(=O)CCNC(C)c1cc(Br)ccc1F. The molecule has 0 spiro atoms. The highest BCUT2D eigenvalue weighted by molar-refractivity contribution is 9.10. The van der Waals surface area contributed by atoms with Crippen LogP contribution >= 0.6 is 15.9 Å². The van der Waals surface area contributed by atoms with Gasteiger partial charge in [0.1, 0.15) is 5.82 Å². The number of hydrogen-bond acceptors (Lipinski definition) is 3. The molecule has 0 saturated heterocycles. The van der Waals surface area contributed by atoms with E-state index in [4.69, 9.17) is 0 Å². The predicted molar refractivity (Wildman–Crippen MR) is 73.4 cm³/mol. The molecule has 0 amide bonds. The van der Waals surface area contributed by atoms with E-state index in [-0.39, 0.29) is 24.2 Å². The van der Waals surface area contributed by atoms with Gasteiger partial charge in [0.25, 0.3) is 0 Å². The highest BCUT2D eigenvalue weighted by Crippen LogP contribution is 2.21. The molecule has 18 heavy (non-hydrogen) atoms. The fraction of sp³-hybridized carbons (Fsp3) is 0.455. The second kappa shape index (κ2) is 6.60. The number of rotatable bonds is 6. The molecule has 1 atom stereocenters. The van der Waals surface area contributed by atoms with Gasteiger partial charge in [-0.25, -0.2) is 17.5 Å². The normalized spacial score (nSPS) is 13.6. The van der Waals surface area contributed by atoms with E-state index >= 15 is 0 Å². The molecule has 0 radical (unpaired) electrons. The molecule has 1 rings (SSSR count). The lowest BCUT2D eigenvalue weighted by atomic mass is 10.1. The van der Waals surface area contributed by atoms with Crippen LogP contribution in [0.5, 0.6) is 0 Å². The monoisotopic (exact) mass is 338 g/mol. The van der Waals surface area contributed by atoms with Crippen molar-refractivity contribution < 1.29 is 12.8 Å². The molecule has 0 bridgehead atoms. The summed E-state index contributed by atoms with van der Waals surface area (Å²) in [7, 11) is -1.86. The first-order chi connectivity index (χ1) is 8.35. The van der Waals surface area contributed by atoms with E-state index in [9.17, 15) is 12.8 Å². The molecule has 0 aliphatic heterocycles. The molecule has 1 aromatic rings. The average molecular weight is 339 g/mol. The summed E-state index contributed by atoms with van der Waals surface area (Å²) in [4.78, 5) is 0. The quantitative estimate of drug-likeness (QED) is 0.831. The van der Waals surface area contributed by atoms with Crippen LogP contribution in [0.4, 0.5) is 4.39 Å². The van der Waals surface area contributed by atoms with Gasteiger partial charge in [-0.2, -0.15) is 0 Å². The van der Waals surface area contributed by atoms with Crippen molar-refractivity contribution in [2.45, 2.75) is 13.0 Å². The van der Waals surface area contributed by atoms with Gasteiger partial charge in [0.15, 0.2) is 0 Å². The zero-order valence-corrected chi connectivity index (χ0v) is 12.6. The molecule has 0 aromatic heterocycles. The van der Waals surface area contributed by atoms with Crippen molar-refractivity contribution in [2.75, 3.05) is 19.3 Å². The van der Waals surface area contributed by atoms with Gasteiger partial charge in [0, 0.05) is 22.6 Å². The summed E-state index contributed by atoms with van der Waals surface area (Å²) in [5.74, 6) is -0.349. The third kappa shape index (κ3) is 4.64. The van der Waals surface area contributed by atoms with Gasteiger partial charge in [0.05, 0.1) is 5.75 Å². The lowest BCUT2D eigenvalue weighted by Gasteiger charge is -2.15. The topological polar surface area (TPSA) is 58.2 Å². The first kappa shape index (κ1) is 15.6. The number of nitrogens with one attached hydrogen (secondary N) is 2. The van der Waals surface area contributed by atoms with Crippen molar-refractivity contribution in [1.82, 2.24) is 10.0 Å². The average Bonchev–Trinajstić information content (AvgIpc) is 2.32. The molecule has 0 aliphatic rings. The van der Waals surface area contributed by atoms with Gasteiger partial charge >= 0.3 is 0 Å². The van der Waals surface area contributed by atoms with E-state index in [1.165, 1.54) is 13.1 Å². The van der Waals surface area contributed by atoms with Gasteiger partial charge in [-0.05, 0) is 32.2 Å². The maximum absolute atomic E-state index is 13.6. The number of sulfonamides is 1. The van der Waals surface area contributed by atoms with Crippen LogP contribution in [0.2, 0.25) is 0 Å². The highest BCUT2D eigenvalue weighted by atomic mass is 79.9. The van der Waals surface area contributed by atoms with Crippen molar-refractivity contribution in [3.8, 4) is 0 Å². The number of hydrogen-bond donors (Lipinski definition) is 2. The minimum absolute atomic E-state index is 0.0382. The van der Waals surface area contributed by atoms with E-state index in [0.29, 0.717) is 5.56 Å². The Labute approximate surface area is 115 Å². The van der Waals surface area contributed by atoms with E-state index in [0.717, 1.165) is 4.47 Å². The van der Waals surface area contributed by atoms with Crippen molar-refractivity contribution in [1.29, 1.82) is 0 Å². The van der Waals surface area contributed by atoms with Crippen LogP contribution < -0.4 is 10.0 Å². The smallest absolute Gasteiger partial charge is 0.212 e. The second-order valence-electron chi connectivity index (χ2n) is 3.86. The Kier molecular flexibility index (Phi) is 5.71. The molecule has 2 N–H and O–H groups in total. The highest BCUT2D eigenvalue weighted by Gasteiger charge is 2.12. The molecule has 4 nitrogen and oxygen atoms in total. The Balaban J connectivity index is 2.61. The molecule has 0 heterocycles. The Bertz CT molecular complexity index is 508. The number of benzene rings is 1. The van der Waals surface area contributed by atoms with Gasteiger partial charge in [-0.15, -0.1) is 0 Å². The van der Waals surface area contributed by atoms with Crippen molar-refractivity contribution in [2.24, 2.45) is 0 Å². The maximum atomic E-state index is 13.6. The summed E-state index contributed by atoms with van der Waals surface area (Å²) in [6, 6.07) is 4.42. The Morgan fingerprint density at radius 1 is 1.44 bits per heavy atom. The minimum Gasteiger partial charge on any atom is -0.309 e. The maximum Gasteiger partial charge on any atom is 0.212 e. The summed E-state index contributed by atoms with van der Waals surface area (Å²) < 4.78 is 39.0. The van der Waals surface area contributed by atoms with E-state index < -0.39 is 10.0 Å². The fourth-order valence-electron chi connectivity index (χ4n) is 1.47. The molecule has 1 unspecified atom stereocenters. The van der Waals surface area contributed by atoms with Gasteiger partial charge in [-0.1, -0.05) is 15.9 Å². The van der Waals surface area contributed by atoms with Crippen molar-refractivity contribution in [3.05, 3.63) is 34.1 Å². The summed E-state index contributed by atoms with van der Waals surface area (Å²) in [5, 5.41) is 2.98. The summed E-state index contributed by atoms with van der Waals surface area (Å²) in [5.41, 5.74) is 0.506. The van der Waals surface area contributed by atoms with E-state index in [1.807, 2.05) is 0 Å². The molecule has 7 heteroatoms. The van der Waals surface area contributed by atoms with Crippen LogP contribution in [0.1, 0.15) is 18.5 Å². The zero-order chi connectivity index (χ0) is 13.8. The predicted octanol–water partition coefficient (Wildman–Crippen LogP) is 1.79. The lowest BCUT2D eigenvalue weighted by molar-refractivity contribution is 0.535.